The van der Waals surface area contributed by atoms with Gasteiger partial charge in [0.25, 0.3) is 0 Å². The van der Waals surface area contributed by atoms with Gasteiger partial charge in [-0.1, -0.05) is 19.3 Å². The first-order valence-corrected chi connectivity index (χ1v) is 7.81. The fraction of sp³-hybridized carbons (Fsp3) is 0.529. The number of carbonyl (C=O) groups excluding carboxylic acids is 1. The Bertz CT molecular complexity index is 556. The molecule has 4 N–H and O–H groups in total. The van der Waals surface area contributed by atoms with E-state index in [4.69, 9.17) is 5.73 Å². The summed E-state index contributed by atoms with van der Waals surface area (Å²) in [5, 5.41) is 12.8. The fourth-order valence-electron chi connectivity index (χ4n) is 2.85. The van der Waals surface area contributed by atoms with Crippen LogP contribution in [0.1, 0.15) is 57.1 Å². The molecule has 1 amide bonds. The lowest BCUT2D eigenvalue weighted by atomic mass is 9.93. The highest BCUT2D eigenvalue weighted by Crippen LogP contribution is 2.31. The molecule has 22 heavy (non-hydrogen) atoms. The molecule has 1 aromatic carbocycles. The van der Waals surface area contributed by atoms with E-state index in [0.717, 1.165) is 18.4 Å². The van der Waals surface area contributed by atoms with Crippen LogP contribution in [-0.4, -0.2) is 23.8 Å². The molecule has 2 rings (SSSR count). The van der Waals surface area contributed by atoms with Crippen molar-refractivity contribution in [3.63, 3.8) is 0 Å². The van der Waals surface area contributed by atoms with Crippen LogP contribution in [-0.2, 0) is 10.4 Å². The Morgan fingerprint density at radius 1 is 1.32 bits per heavy atom. The number of aliphatic hydroxyl groups is 1. The number of nitrogens with one attached hydrogen (secondary N) is 1. The molecular weight excluding hydrogens is 278 g/mol. The molecule has 1 aliphatic rings. The first kappa shape index (κ1) is 16.5. The minimum absolute atomic E-state index is 0.365. The van der Waals surface area contributed by atoms with Crippen molar-refractivity contribution >= 4 is 24.0 Å². The van der Waals surface area contributed by atoms with E-state index in [1.165, 1.54) is 19.3 Å². The van der Waals surface area contributed by atoms with Crippen LogP contribution in [0, 0.1) is 0 Å². The summed E-state index contributed by atoms with van der Waals surface area (Å²) in [6, 6.07) is 3.84. The van der Waals surface area contributed by atoms with Crippen LogP contribution in [0.3, 0.4) is 0 Å². The first-order valence-electron chi connectivity index (χ1n) is 7.81. The maximum absolute atomic E-state index is 10.8. The van der Waals surface area contributed by atoms with Gasteiger partial charge >= 0.3 is 0 Å². The molecule has 5 nitrogen and oxygen atoms in total. The van der Waals surface area contributed by atoms with E-state index in [1.807, 2.05) is 0 Å². The Labute approximate surface area is 131 Å². The maximum Gasteiger partial charge on any atom is 0.211 e. The van der Waals surface area contributed by atoms with Crippen molar-refractivity contribution in [2.24, 2.45) is 4.99 Å². The second-order valence-electron chi connectivity index (χ2n) is 6.42. The fourth-order valence-corrected chi connectivity index (χ4v) is 2.85. The minimum Gasteiger partial charge on any atom is -0.398 e. The van der Waals surface area contributed by atoms with Crippen LogP contribution in [0.25, 0.3) is 0 Å². The van der Waals surface area contributed by atoms with Crippen molar-refractivity contribution in [1.29, 1.82) is 0 Å². The van der Waals surface area contributed by atoms with Gasteiger partial charge in [-0.15, -0.1) is 0 Å². The van der Waals surface area contributed by atoms with Gasteiger partial charge in [0.1, 0.15) is 0 Å². The molecule has 0 aromatic heterocycles. The summed E-state index contributed by atoms with van der Waals surface area (Å²) < 4.78 is 0. The van der Waals surface area contributed by atoms with E-state index in [1.54, 1.807) is 32.2 Å². The Morgan fingerprint density at radius 3 is 2.59 bits per heavy atom. The van der Waals surface area contributed by atoms with Crippen molar-refractivity contribution in [3.05, 3.63) is 23.3 Å². The number of aliphatic imine (C=N–C) groups is 1. The first-order chi connectivity index (χ1) is 10.4. The Kier molecular flexibility index (Phi) is 5.19. The molecule has 0 heterocycles. The van der Waals surface area contributed by atoms with E-state index < -0.39 is 5.60 Å². The van der Waals surface area contributed by atoms with E-state index in [2.05, 4.69) is 10.3 Å². The van der Waals surface area contributed by atoms with E-state index in [0.29, 0.717) is 29.4 Å². The molecule has 1 aromatic rings. The highest BCUT2D eigenvalue weighted by atomic mass is 16.3. The smallest absolute Gasteiger partial charge is 0.211 e. The van der Waals surface area contributed by atoms with Crippen LogP contribution in [0.2, 0.25) is 0 Å². The van der Waals surface area contributed by atoms with Gasteiger partial charge in [-0.3, -0.25) is 9.79 Å². The predicted molar refractivity (Wildman–Crippen MR) is 90.3 cm³/mol. The zero-order chi connectivity index (χ0) is 16.2. The third-order valence-electron chi connectivity index (χ3n) is 4.10. The zero-order valence-electron chi connectivity index (χ0n) is 13.3. The van der Waals surface area contributed by atoms with Crippen molar-refractivity contribution in [2.75, 3.05) is 11.1 Å². The molecule has 0 bridgehead atoms. The second kappa shape index (κ2) is 6.92. The van der Waals surface area contributed by atoms with Crippen LogP contribution in [0.5, 0.6) is 0 Å². The van der Waals surface area contributed by atoms with Crippen molar-refractivity contribution in [1.82, 2.24) is 0 Å². The van der Waals surface area contributed by atoms with E-state index in [-0.39, 0.29) is 0 Å². The summed E-state index contributed by atoms with van der Waals surface area (Å²) in [7, 11) is 0. The standard InChI is InChI=1S/C17H25N3O2/c1-17(2,22)14-9-15(18)12(8-16(14)20-11-21)10-19-13-6-4-3-5-7-13/h8-11,13,22H,3-7,18H2,1-2H3,(H,20,21). The van der Waals surface area contributed by atoms with E-state index >= 15 is 0 Å². The van der Waals surface area contributed by atoms with Crippen LogP contribution < -0.4 is 11.1 Å². The number of carbonyl (C=O) groups is 1. The molecule has 0 saturated heterocycles. The summed E-state index contributed by atoms with van der Waals surface area (Å²) in [5.41, 5.74) is 7.46. The number of anilines is 2. The molecule has 1 aliphatic carbocycles. The summed E-state index contributed by atoms with van der Waals surface area (Å²) in [5.74, 6) is 0. The normalized spacial score (nSPS) is 16.9. The van der Waals surface area contributed by atoms with E-state index in [9.17, 15) is 9.90 Å². The van der Waals surface area contributed by atoms with Crippen molar-refractivity contribution < 1.29 is 9.90 Å². The molecule has 0 unspecified atom stereocenters. The molecular formula is C17H25N3O2. The molecule has 0 aliphatic heterocycles. The maximum atomic E-state index is 10.8. The molecule has 1 saturated carbocycles. The summed E-state index contributed by atoms with van der Waals surface area (Å²) >= 11 is 0. The quantitative estimate of drug-likeness (QED) is 0.444. The molecule has 5 heteroatoms. The largest absolute Gasteiger partial charge is 0.398 e. The zero-order valence-corrected chi connectivity index (χ0v) is 13.3. The topological polar surface area (TPSA) is 87.7 Å². The average molecular weight is 303 g/mol. The number of nitrogens with two attached hydrogens (primary N) is 1. The Hall–Kier alpha value is -1.88. The molecule has 120 valence electrons. The summed E-state index contributed by atoms with van der Waals surface area (Å²) in [6.45, 7) is 3.32. The van der Waals surface area contributed by atoms with Crippen LogP contribution >= 0.6 is 0 Å². The molecule has 0 spiro atoms. The van der Waals surface area contributed by atoms with Crippen LogP contribution in [0.4, 0.5) is 11.4 Å². The lowest BCUT2D eigenvalue weighted by Gasteiger charge is -2.22. The van der Waals surface area contributed by atoms with Gasteiger partial charge in [-0.05, 0) is 38.8 Å². The third-order valence-corrected chi connectivity index (χ3v) is 4.10. The van der Waals surface area contributed by atoms with Gasteiger partial charge < -0.3 is 16.2 Å². The number of amides is 1. The van der Waals surface area contributed by atoms with Crippen molar-refractivity contribution in [3.8, 4) is 0 Å². The summed E-state index contributed by atoms with van der Waals surface area (Å²) in [4.78, 5) is 15.4. The summed E-state index contributed by atoms with van der Waals surface area (Å²) in [6.07, 6.45) is 8.38. The number of hydrogen-bond donors (Lipinski definition) is 3. The Balaban J connectivity index is 2.29. The number of nitrogens with zero attached hydrogens (tertiary/aromatic N) is 1. The van der Waals surface area contributed by atoms with Gasteiger partial charge in [0.15, 0.2) is 0 Å². The average Bonchev–Trinajstić information content (AvgIpc) is 2.47. The van der Waals surface area contributed by atoms with Crippen LogP contribution in [0.15, 0.2) is 17.1 Å². The lowest BCUT2D eigenvalue weighted by Crippen LogP contribution is -2.19. The van der Waals surface area contributed by atoms with Crippen molar-refractivity contribution in [2.45, 2.75) is 57.6 Å². The van der Waals surface area contributed by atoms with Gasteiger partial charge in [-0.25, -0.2) is 0 Å². The van der Waals surface area contributed by atoms with Gasteiger partial charge in [0.2, 0.25) is 6.41 Å². The molecule has 0 atom stereocenters. The third kappa shape index (κ3) is 4.07. The van der Waals surface area contributed by atoms with Gasteiger partial charge in [0.05, 0.1) is 5.60 Å². The molecule has 0 radical (unpaired) electrons. The number of benzene rings is 1. The molecule has 1 fully saturated rings. The SMILES string of the molecule is CC(C)(O)c1cc(N)c(C=NC2CCCCC2)cc1NC=O. The monoisotopic (exact) mass is 303 g/mol. The van der Waals surface area contributed by atoms with Gasteiger partial charge in [0, 0.05) is 34.8 Å². The highest BCUT2D eigenvalue weighted by Gasteiger charge is 2.21. The second-order valence-corrected chi connectivity index (χ2v) is 6.42. The number of hydrogen-bond acceptors (Lipinski definition) is 4. The number of rotatable bonds is 5. The minimum atomic E-state index is -1.08. The highest BCUT2D eigenvalue weighted by molar-refractivity contribution is 5.91. The van der Waals surface area contributed by atoms with Gasteiger partial charge in [-0.2, -0.15) is 0 Å². The number of nitrogen functional groups attached to an aromatic ring is 1. The lowest BCUT2D eigenvalue weighted by molar-refractivity contribution is -0.105. The Morgan fingerprint density at radius 2 is 2.00 bits per heavy atom. The predicted octanol–water partition coefficient (Wildman–Crippen LogP) is 2.82.